The lowest BCUT2D eigenvalue weighted by Gasteiger charge is -2.27. The summed E-state index contributed by atoms with van der Waals surface area (Å²) in [4.78, 5) is 0. The Hall–Kier alpha value is -1.07. The molecule has 5 heteroatoms. The molecule has 1 N–H and O–H groups in total. The molecule has 1 aromatic heterocycles. The van der Waals surface area contributed by atoms with E-state index in [9.17, 15) is 0 Å². The van der Waals surface area contributed by atoms with Gasteiger partial charge in [0.15, 0.2) is 5.75 Å². The predicted molar refractivity (Wildman–Crippen MR) is 69.8 cm³/mol. The van der Waals surface area contributed by atoms with Crippen LogP contribution in [0.4, 0.5) is 0 Å². The fourth-order valence-electron chi connectivity index (χ4n) is 2.70. The van der Waals surface area contributed by atoms with Gasteiger partial charge in [0.25, 0.3) is 0 Å². The minimum absolute atomic E-state index is 0.125. The Morgan fingerprint density at radius 3 is 2.94 bits per heavy atom. The molecule has 2 heterocycles. The number of ether oxygens (including phenoxy) is 2. The first-order valence-electron chi connectivity index (χ1n) is 6.61. The van der Waals surface area contributed by atoms with Crippen LogP contribution in [0.25, 0.3) is 0 Å². The summed E-state index contributed by atoms with van der Waals surface area (Å²) in [7, 11) is 3.65. The molecule has 3 atom stereocenters. The molecule has 0 aromatic carbocycles. The molecular weight excluding hydrogens is 230 g/mol. The molecule has 3 unspecified atom stereocenters. The van der Waals surface area contributed by atoms with E-state index < -0.39 is 0 Å². The molecule has 0 aliphatic carbocycles. The molecule has 1 aliphatic rings. The Morgan fingerprint density at radius 1 is 1.67 bits per heavy atom. The zero-order valence-electron chi connectivity index (χ0n) is 11.6. The van der Waals surface area contributed by atoms with Crippen molar-refractivity contribution in [2.45, 2.75) is 39.0 Å². The zero-order valence-corrected chi connectivity index (χ0v) is 11.6. The summed E-state index contributed by atoms with van der Waals surface area (Å²) in [5.74, 6) is 1.38. The van der Waals surface area contributed by atoms with Crippen molar-refractivity contribution in [1.82, 2.24) is 15.1 Å². The lowest BCUT2D eigenvalue weighted by Crippen LogP contribution is -2.34. The Kier molecular flexibility index (Phi) is 4.24. The maximum absolute atomic E-state index is 5.88. The highest BCUT2D eigenvalue weighted by molar-refractivity contribution is 5.29. The number of hydrogen-bond donors (Lipinski definition) is 1. The highest BCUT2D eigenvalue weighted by Crippen LogP contribution is 2.35. The topological polar surface area (TPSA) is 48.3 Å². The number of likely N-dealkylation sites (N-methyl/N-ethyl adjacent to an activating group) is 1. The van der Waals surface area contributed by atoms with E-state index in [0.717, 1.165) is 31.0 Å². The fraction of sp³-hybridized carbons (Fsp3) is 0.769. The molecule has 1 fully saturated rings. The Morgan fingerprint density at radius 2 is 2.44 bits per heavy atom. The van der Waals surface area contributed by atoms with Crippen LogP contribution in [0.5, 0.6) is 5.75 Å². The van der Waals surface area contributed by atoms with Gasteiger partial charge in [-0.25, -0.2) is 0 Å². The summed E-state index contributed by atoms with van der Waals surface area (Å²) in [5.41, 5.74) is 1.08. The van der Waals surface area contributed by atoms with Gasteiger partial charge in [-0.3, -0.25) is 4.68 Å². The third kappa shape index (κ3) is 2.24. The standard InChI is InChI=1S/C13H23N3O2/c1-5-16-12(10(17-4)8-15-16)11(14-3)13-9(2)6-7-18-13/h8-9,11,13-14H,5-7H2,1-4H3. The number of aromatic nitrogens is 2. The zero-order chi connectivity index (χ0) is 13.1. The lowest BCUT2D eigenvalue weighted by atomic mass is 9.95. The van der Waals surface area contributed by atoms with Gasteiger partial charge in [-0.05, 0) is 26.3 Å². The van der Waals surface area contributed by atoms with Crippen LogP contribution in [0, 0.1) is 5.92 Å². The van der Waals surface area contributed by atoms with E-state index in [1.54, 1.807) is 13.3 Å². The quantitative estimate of drug-likeness (QED) is 0.866. The van der Waals surface area contributed by atoms with Gasteiger partial charge in [0.1, 0.15) is 0 Å². The highest BCUT2D eigenvalue weighted by atomic mass is 16.5. The summed E-state index contributed by atoms with van der Waals surface area (Å²) in [6, 6.07) is 0.125. The molecule has 0 radical (unpaired) electrons. The molecule has 2 rings (SSSR count). The fourth-order valence-corrected chi connectivity index (χ4v) is 2.70. The molecular formula is C13H23N3O2. The van der Waals surface area contributed by atoms with Gasteiger partial charge in [0.2, 0.25) is 0 Å². The first-order valence-corrected chi connectivity index (χ1v) is 6.61. The number of hydrogen-bond acceptors (Lipinski definition) is 4. The maximum atomic E-state index is 5.88. The molecule has 5 nitrogen and oxygen atoms in total. The smallest absolute Gasteiger partial charge is 0.161 e. The molecule has 0 bridgehead atoms. The van der Waals surface area contributed by atoms with Crippen LogP contribution in [-0.4, -0.2) is 36.6 Å². The highest BCUT2D eigenvalue weighted by Gasteiger charge is 2.35. The van der Waals surface area contributed by atoms with Crippen molar-refractivity contribution >= 4 is 0 Å². The van der Waals surface area contributed by atoms with E-state index in [-0.39, 0.29) is 12.1 Å². The second-order valence-electron chi connectivity index (χ2n) is 4.78. The van der Waals surface area contributed by atoms with Gasteiger partial charge < -0.3 is 14.8 Å². The first kappa shape index (κ1) is 13.4. The summed E-state index contributed by atoms with van der Waals surface area (Å²) in [6.45, 7) is 5.99. The SMILES string of the molecule is CCn1ncc(OC)c1C(NC)C1OCCC1C. The summed E-state index contributed by atoms with van der Waals surface area (Å²) < 4.78 is 13.3. The molecule has 0 amide bonds. The van der Waals surface area contributed by atoms with E-state index in [1.165, 1.54) is 0 Å². The van der Waals surface area contributed by atoms with Crippen molar-refractivity contribution in [3.63, 3.8) is 0 Å². The Labute approximate surface area is 108 Å². The number of aryl methyl sites for hydroxylation is 1. The Balaban J connectivity index is 2.34. The lowest BCUT2D eigenvalue weighted by molar-refractivity contribution is 0.0596. The predicted octanol–water partition coefficient (Wildman–Crippen LogP) is 1.60. The van der Waals surface area contributed by atoms with E-state index >= 15 is 0 Å². The van der Waals surface area contributed by atoms with Crippen molar-refractivity contribution in [3.05, 3.63) is 11.9 Å². The Bertz CT molecular complexity index is 370. The third-order valence-electron chi connectivity index (χ3n) is 3.74. The molecule has 0 saturated carbocycles. The summed E-state index contributed by atoms with van der Waals surface area (Å²) in [6.07, 6.45) is 3.08. The minimum Gasteiger partial charge on any atom is -0.493 e. The number of nitrogens with zero attached hydrogens (tertiary/aromatic N) is 2. The van der Waals surface area contributed by atoms with Crippen LogP contribution in [0.2, 0.25) is 0 Å². The van der Waals surface area contributed by atoms with Gasteiger partial charge in [-0.1, -0.05) is 6.92 Å². The van der Waals surface area contributed by atoms with E-state index in [2.05, 4.69) is 24.3 Å². The number of nitrogens with one attached hydrogen (secondary N) is 1. The molecule has 1 aliphatic heterocycles. The number of rotatable bonds is 5. The van der Waals surface area contributed by atoms with Gasteiger partial charge in [0, 0.05) is 13.2 Å². The molecule has 0 spiro atoms. The van der Waals surface area contributed by atoms with E-state index in [4.69, 9.17) is 9.47 Å². The molecule has 1 saturated heterocycles. The number of methoxy groups -OCH3 is 1. The van der Waals surface area contributed by atoms with Gasteiger partial charge >= 0.3 is 0 Å². The van der Waals surface area contributed by atoms with Gasteiger partial charge in [-0.2, -0.15) is 5.10 Å². The average molecular weight is 253 g/mol. The normalized spacial score (nSPS) is 25.3. The van der Waals surface area contributed by atoms with Crippen LogP contribution < -0.4 is 10.1 Å². The molecule has 18 heavy (non-hydrogen) atoms. The summed E-state index contributed by atoms with van der Waals surface area (Å²) in [5, 5.41) is 7.73. The average Bonchev–Trinajstić information content (AvgIpc) is 2.98. The monoisotopic (exact) mass is 253 g/mol. The van der Waals surface area contributed by atoms with Crippen molar-refractivity contribution in [1.29, 1.82) is 0 Å². The van der Waals surface area contributed by atoms with Gasteiger partial charge in [-0.15, -0.1) is 0 Å². The third-order valence-corrected chi connectivity index (χ3v) is 3.74. The molecule has 102 valence electrons. The first-order chi connectivity index (χ1) is 8.72. The maximum Gasteiger partial charge on any atom is 0.161 e. The largest absolute Gasteiger partial charge is 0.493 e. The second kappa shape index (κ2) is 5.71. The molecule has 1 aromatic rings. The van der Waals surface area contributed by atoms with Crippen molar-refractivity contribution < 1.29 is 9.47 Å². The van der Waals surface area contributed by atoms with Crippen molar-refractivity contribution in [2.24, 2.45) is 5.92 Å². The van der Waals surface area contributed by atoms with Crippen molar-refractivity contribution in [3.8, 4) is 5.75 Å². The van der Waals surface area contributed by atoms with E-state index in [1.807, 2.05) is 11.7 Å². The summed E-state index contributed by atoms with van der Waals surface area (Å²) >= 11 is 0. The van der Waals surface area contributed by atoms with Crippen LogP contribution in [0.15, 0.2) is 6.20 Å². The van der Waals surface area contributed by atoms with Crippen LogP contribution in [-0.2, 0) is 11.3 Å². The minimum atomic E-state index is 0.125. The van der Waals surface area contributed by atoms with Crippen LogP contribution in [0.1, 0.15) is 32.0 Å². The second-order valence-corrected chi connectivity index (χ2v) is 4.78. The van der Waals surface area contributed by atoms with Gasteiger partial charge in [0.05, 0.1) is 31.1 Å². The van der Waals surface area contributed by atoms with Crippen LogP contribution >= 0.6 is 0 Å². The van der Waals surface area contributed by atoms with E-state index in [0.29, 0.717) is 5.92 Å². The van der Waals surface area contributed by atoms with Crippen molar-refractivity contribution in [2.75, 3.05) is 20.8 Å². The van der Waals surface area contributed by atoms with Crippen LogP contribution in [0.3, 0.4) is 0 Å².